The Morgan fingerprint density at radius 2 is 2.08 bits per heavy atom. The van der Waals surface area contributed by atoms with E-state index in [-0.39, 0.29) is 12.0 Å². The summed E-state index contributed by atoms with van der Waals surface area (Å²) in [6, 6.07) is 3.48. The third-order valence-electron chi connectivity index (χ3n) is 4.23. The second-order valence-electron chi connectivity index (χ2n) is 6.51. The van der Waals surface area contributed by atoms with Gasteiger partial charge in [-0.15, -0.1) is 0 Å². The van der Waals surface area contributed by atoms with Gasteiger partial charge in [0.15, 0.2) is 0 Å². The molecule has 1 aliphatic heterocycles. The van der Waals surface area contributed by atoms with Gasteiger partial charge in [-0.1, -0.05) is 6.42 Å². The summed E-state index contributed by atoms with van der Waals surface area (Å²) >= 11 is 0. The Labute approximate surface area is 154 Å². The summed E-state index contributed by atoms with van der Waals surface area (Å²) in [5.74, 6) is 1.69. The van der Waals surface area contributed by atoms with Gasteiger partial charge in [-0.25, -0.2) is 4.79 Å². The number of primary amides is 1. The third kappa shape index (κ3) is 6.13. The lowest BCUT2D eigenvalue weighted by molar-refractivity contribution is -0.121. The molecule has 0 fully saturated rings. The van der Waals surface area contributed by atoms with E-state index in [0.29, 0.717) is 26.1 Å². The van der Waals surface area contributed by atoms with Crippen LogP contribution in [0, 0.1) is 0 Å². The normalized spacial score (nSPS) is 15.1. The summed E-state index contributed by atoms with van der Waals surface area (Å²) in [5.41, 5.74) is 7.07. The molecule has 0 saturated carbocycles. The quantitative estimate of drug-likeness (QED) is 0.555. The Bertz CT molecular complexity index is 633. The number of nitrogens with two attached hydrogens (primary N) is 1. The molecule has 3 amide bonds. The van der Waals surface area contributed by atoms with Crippen LogP contribution in [-0.2, 0) is 17.8 Å². The summed E-state index contributed by atoms with van der Waals surface area (Å²) in [5, 5.41) is 5.48. The summed E-state index contributed by atoms with van der Waals surface area (Å²) in [7, 11) is 0. The highest BCUT2D eigenvalue weighted by Gasteiger charge is 2.22. The maximum Gasteiger partial charge on any atom is 0.312 e. The topological polar surface area (TPSA) is 103 Å². The maximum absolute atomic E-state index is 12.0. The Balaban J connectivity index is 1.78. The molecule has 0 unspecified atom stereocenters. The number of fused-ring (bicyclic) bond motifs is 1. The first-order chi connectivity index (χ1) is 12.5. The van der Waals surface area contributed by atoms with Crippen LogP contribution < -0.4 is 25.8 Å². The first kappa shape index (κ1) is 19.9. The molecule has 1 atom stereocenters. The largest absolute Gasteiger partial charge is 0.494 e. The predicted molar refractivity (Wildman–Crippen MR) is 99.3 cm³/mol. The van der Waals surface area contributed by atoms with Gasteiger partial charge >= 0.3 is 6.03 Å². The van der Waals surface area contributed by atoms with Gasteiger partial charge in [0.1, 0.15) is 17.6 Å². The van der Waals surface area contributed by atoms with Gasteiger partial charge in [0.2, 0.25) is 5.91 Å². The van der Waals surface area contributed by atoms with Crippen molar-refractivity contribution in [2.75, 3.05) is 13.2 Å². The maximum atomic E-state index is 12.0. The molecule has 2 rings (SSSR count). The zero-order chi connectivity index (χ0) is 18.9. The van der Waals surface area contributed by atoms with Crippen molar-refractivity contribution in [1.29, 1.82) is 0 Å². The van der Waals surface area contributed by atoms with Gasteiger partial charge in [0.05, 0.1) is 6.61 Å². The van der Waals surface area contributed by atoms with Crippen LogP contribution in [0.15, 0.2) is 12.1 Å². The first-order valence-corrected chi connectivity index (χ1v) is 9.24. The molecule has 1 aromatic rings. The van der Waals surface area contributed by atoms with E-state index in [4.69, 9.17) is 15.2 Å². The van der Waals surface area contributed by atoms with Gasteiger partial charge < -0.3 is 25.8 Å². The summed E-state index contributed by atoms with van der Waals surface area (Å²) in [6.45, 7) is 5.53. The minimum Gasteiger partial charge on any atom is -0.494 e. The van der Waals surface area contributed by atoms with E-state index in [1.807, 2.05) is 26.0 Å². The molecule has 0 spiro atoms. The highest BCUT2D eigenvalue weighted by Crippen LogP contribution is 2.35. The highest BCUT2D eigenvalue weighted by atomic mass is 16.5. The number of ether oxygens (including phenoxy) is 2. The molecule has 1 aliphatic rings. The fourth-order valence-corrected chi connectivity index (χ4v) is 2.99. The number of hydrogen-bond donors (Lipinski definition) is 3. The Morgan fingerprint density at radius 1 is 1.27 bits per heavy atom. The van der Waals surface area contributed by atoms with Gasteiger partial charge in [-0.3, -0.25) is 4.79 Å². The Morgan fingerprint density at radius 3 is 2.81 bits per heavy atom. The lowest BCUT2D eigenvalue weighted by atomic mass is 10.1. The number of amides is 3. The lowest BCUT2D eigenvalue weighted by Crippen LogP contribution is -2.30. The van der Waals surface area contributed by atoms with Crippen LogP contribution in [0.25, 0.3) is 0 Å². The zero-order valence-corrected chi connectivity index (χ0v) is 15.6. The van der Waals surface area contributed by atoms with Crippen LogP contribution >= 0.6 is 0 Å². The molecule has 26 heavy (non-hydrogen) atoms. The van der Waals surface area contributed by atoms with E-state index in [1.54, 1.807) is 0 Å². The van der Waals surface area contributed by atoms with Crippen LogP contribution in [0.4, 0.5) is 4.79 Å². The van der Waals surface area contributed by atoms with E-state index >= 15 is 0 Å². The molecule has 1 heterocycles. The van der Waals surface area contributed by atoms with Crippen molar-refractivity contribution in [2.24, 2.45) is 5.73 Å². The minimum absolute atomic E-state index is 0.00472. The van der Waals surface area contributed by atoms with E-state index in [9.17, 15) is 9.59 Å². The van der Waals surface area contributed by atoms with Gasteiger partial charge in [-0.05, 0) is 38.8 Å². The van der Waals surface area contributed by atoms with Crippen molar-refractivity contribution in [2.45, 2.75) is 58.6 Å². The highest BCUT2D eigenvalue weighted by molar-refractivity contribution is 5.76. The van der Waals surface area contributed by atoms with Crippen LogP contribution in [0.2, 0.25) is 0 Å². The molecule has 7 heteroatoms. The molecule has 0 aliphatic carbocycles. The number of nitrogens with one attached hydrogen (secondary N) is 2. The molecular weight excluding hydrogens is 334 g/mol. The molecule has 144 valence electrons. The van der Waals surface area contributed by atoms with Crippen LogP contribution in [0.3, 0.4) is 0 Å². The number of carbonyl (C=O) groups excluding carboxylic acids is 2. The summed E-state index contributed by atoms with van der Waals surface area (Å²) in [6.07, 6.45) is 3.96. The lowest BCUT2D eigenvalue weighted by Gasteiger charge is -2.13. The fraction of sp³-hybridized carbons (Fsp3) is 0.579. The molecular formula is C19H29N3O4. The molecule has 4 N–H and O–H groups in total. The van der Waals surface area contributed by atoms with Crippen molar-refractivity contribution < 1.29 is 19.1 Å². The molecule has 1 aromatic carbocycles. The Kier molecular flexibility index (Phi) is 7.56. The van der Waals surface area contributed by atoms with E-state index in [2.05, 4.69) is 10.6 Å². The summed E-state index contributed by atoms with van der Waals surface area (Å²) < 4.78 is 11.5. The number of rotatable bonds is 10. The molecule has 0 aromatic heterocycles. The average Bonchev–Trinajstić information content (AvgIpc) is 2.94. The van der Waals surface area contributed by atoms with Gasteiger partial charge in [0, 0.05) is 37.1 Å². The monoisotopic (exact) mass is 363 g/mol. The van der Waals surface area contributed by atoms with E-state index < -0.39 is 6.03 Å². The van der Waals surface area contributed by atoms with Crippen LogP contribution in [-0.4, -0.2) is 31.2 Å². The third-order valence-corrected chi connectivity index (χ3v) is 4.23. The van der Waals surface area contributed by atoms with Crippen molar-refractivity contribution in [3.05, 3.63) is 23.3 Å². The first-order valence-electron chi connectivity index (χ1n) is 9.24. The number of benzene rings is 1. The van der Waals surface area contributed by atoms with Crippen molar-refractivity contribution in [3.63, 3.8) is 0 Å². The summed E-state index contributed by atoms with van der Waals surface area (Å²) in [4.78, 5) is 22.6. The standard InChI is InChI=1S/C19H29N3O4/c1-3-25-16-10-14-9-13(2)26-17(14)11-15(16)12-22-18(23)7-5-4-6-8-21-19(20)24/h10-11,13H,3-9,12H2,1-2H3,(H,22,23)(H3,20,21,24)/t13-/m0/s1. The fourth-order valence-electron chi connectivity index (χ4n) is 2.99. The van der Waals surface area contributed by atoms with Crippen molar-refractivity contribution in [1.82, 2.24) is 10.6 Å². The minimum atomic E-state index is -0.513. The average molecular weight is 363 g/mol. The predicted octanol–water partition coefficient (Wildman–Crippen LogP) is 2.25. The molecule has 0 bridgehead atoms. The smallest absolute Gasteiger partial charge is 0.312 e. The van der Waals surface area contributed by atoms with E-state index in [1.165, 1.54) is 0 Å². The second kappa shape index (κ2) is 9.89. The van der Waals surface area contributed by atoms with Crippen LogP contribution in [0.5, 0.6) is 11.5 Å². The van der Waals surface area contributed by atoms with Gasteiger partial charge in [0.25, 0.3) is 0 Å². The number of urea groups is 1. The number of hydrogen-bond acceptors (Lipinski definition) is 4. The number of carbonyl (C=O) groups is 2. The second-order valence-corrected chi connectivity index (χ2v) is 6.51. The van der Waals surface area contributed by atoms with Crippen molar-refractivity contribution in [3.8, 4) is 11.5 Å². The van der Waals surface area contributed by atoms with Crippen LogP contribution in [0.1, 0.15) is 50.7 Å². The Hall–Kier alpha value is -2.44. The molecule has 0 radical (unpaired) electrons. The molecule has 7 nitrogen and oxygen atoms in total. The SMILES string of the molecule is CCOc1cc2c(cc1CNC(=O)CCCCCNC(N)=O)O[C@@H](C)C2. The van der Waals surface area contributed by atoms with E-state index in [0.717, 1.165) is 48.3 Å². The van der Waals surface area contributed by atoms with Crippen molar-refractivity contribution >= 4 is 11.9 Å². The number of unbranched alkanes of at least 4 members (excludes halogenated alkanes) is 2. The van der Waals surface area contributed by atoms with Gasteiger partial charge in [-0.2, -0.15) is 0 Å². The molecule has 0 saturated heterocycles. The zero-order valence-electron chi connectivity index (χ0n) is 15.6.